The van der Waals surface area contributed by atoms with Crippen molar-refractivity contribution in [3.63, 3.8) is 0 Å². The second-order valence-electron chi connectivity index (χ2n) is 4.50. The van der Waals surface area contributed by atoms with Gasteiger partial charge in [0.2, 0.25) is 6.41 Å². The number of ether oxygens (including phenoxy) is 1. The van der Waals surface area contributed by atoms with E-state index < -0.39 is 13.1 Å². The maximum atomic E-state index is 11.8. The van der Waals surface area contributed by atoms with E-state index in [2.05, 4.69) is 0 Å². The lowest BCUT2D eigenvalue weighted by Crippen LogP contribution is -2.43. The van der Waals surface area contributed by atoms with Crippen molar-refractivity contribution in [2.75, 3.05) is 26.4 Å². The first-order valence-corrected chi connectivity index (χ1v) is 5.27. The summed E-state index contributed by atoms with van der Waals surface area (Å²) >= 11 is 0. The fraction of sp³-hybridized carbons (Fsp3) is 0.900. The third-order valence-corrected chi connectivity index (χ3v) is 3.27. The molecule has 2 aliphatic rings. The molecule has 1 saturated carbocycles. The van der Waals surface area contributed by atoms with Gasteiger partial charge in [0.1, 0.15) is 12.5 Å². The molecular formula is C10H16FNO3. The molecule has 1 spiro atoms. The Morgan fingerprint density at radius 3 is 2.93 bits per heavy atom. The van der Waals surface area contributed by atoms with Crippen molar-refractivity contribution < 1.29 is 19.0 Å². The van der Waals surface area contributed by atoms with Crippen LogP contribution in [-0.2, 0) is 9.53 Å². The van der Waals surface area contributed by atoms with Crippen LogP contribution in [0.3, 0.4) is 0 Å². The Kier molecular flexibility index (Phi) is 3.04. The molecule has 1 unspecified atom stereocenters. The van der Waals surface area contributed by atoms with E-state index >= 15 is 0 Å². The smallest absolute Gasteiger partial charge is 0.216 e. The summed E-state index contributed by atoms with van der Waals surface area (Å²) in [6.45, 7) is 0.741. The fourth-order valence-corrected chi connectivity index (χ4v) is 2.49. The van der Waals surface area contributed by atoms with Crippen molar-refractivity contribution in [1.82, 2.24) is 4.90 Å². The average molecular weight is 217 g/mol. The average Bonchev–Trinajstić information content (AvgIpc) is 2.58. The zero-order chi connectivity index (χ0) is 10.9. The second kappa shape index (κ2) is 4.15. The summed E-state index contributed by atoms with van der Waals surface area (Å²) in [5.74, 6) is 0.302. The molecule has 15 heavy (non-hydrogen) atoms. The number of likely N-dealkylation sites (tertiary alicyclic amines) is 1. The molecule has 0 aromatic heterocycles. The van der Waals surface area contributed by atoms with Gasteiger partial charge in [-0.25, -0.2) is 4.39 Å². The highest BCUT2D eigenvalue weighted by Gasteiger charge is 2.49. The highest BCUT2D eigenvalue weighted by atomic mass is 19.1. The highest BCUT2D eigenvalue weighted by Crippen LogP contribution is 2.46. The van der Waals surface area contributed by atoms with Crippen LogP contribution in [0.2, 0.25) is 0 Å². The molecule has 4 nitrogen and oxygen atoms in total. The van der Waals surface area contributed by atoms with Crippen LogP contribution in [0.5, 0.6) is 0 Å². The Morgan fingerprint density at radius 1 is 1.60 bits per heavy atom. The summed E-state index contributed by atoms with van der Waals surface area (Å²) in [5.41, 5.74) is 0.0805. The van der Waals surface area contributed by atoms with Crippen LogP contribution >= 0.6 is 0 Å². The van der Waals surface area contributed by atoms with Gasteiger partial charge in [-0.15, -0.1) is 0 Å². The number of aliphatic hydroxyl groups is 1. The number of hydrogen-bond donors (Lipinski definition) is 1. The summed E-state index contributed by atoms with van der Waals surface area (Å²) < 4.78 is 16.7. The van der Waals surface area contributed by atoms with Gasteiger partial charge in [-0.1, -0.05) is 0 Å². The normalized spacial score (nSPS) is 26.9. The molecule has 86 valence electrons. The molecule has 0 radical (unpaired) electrons. The zero-order valence-electron chi connectivity index (χ0n) is 8.62. The molecule has 5 heteroatoms. The van der Waals surface area contributed by atoms with Crippen LogP contribution in [0.15, 0.2) is 0 Å². The Labute approximate surface area is 88.0 Å². The lowest BCUT2D eigenvalue weighted by atomic mass is 9.67. The van der Waals surface area contributed by atoms with Crippen LogP contribution in [0.1, 0.15) is 19.3 Å². The summed E-state index contributed by atoms with van der Waals surface area (Å²) in [4.78, 5) is 12.7. The molecule has 0 aromatic rings. The molecule has 1 saturated heterocycles. The first kappa shape index (κ1) is 11.0. The van der Waals surface area contributed by atoms with Crippen LogP contribution in [-0.4, -0.2) is 48.6 Å². The molecule has 0 bridgehead atoms. The van der Waals surface area contributed by atoms with Crippen LogP contribution in [0, 0.1) is 5.41 Å². The largest absolute Gasteiger partial charge is 0.356 e. The van der Waals surface area contributed by atoms with E-state index in [0.717, 1.165) is 13.0 Å². The maximum absolute atomic E-state index is 11.8. The van der Waals surface area contributed by atoms with E-state index in [0.29, 0.717) is 25.2 Å². The fourth-order valence-electron chi connectivity index (χ4n) is 2.49. The summed E-state index contributed by atoms with van der Waals surface area (Å²) in [6.07, 6.45) is 1.16. The van der Waals surface area contributed by atoms with Gasteiger partial charge in [0.15, 0.2) is 0 Å². The van der Waals surface area contributed by atoms with E-state index in [1.807, 2.05) is 0 Å². The van der Waals surface area contributed by atoms with Crippen molar-refractivity contribution in [2.45, 2.75) is 25.7 Å². The van der Waals surface area contributed by atoms with Crippen LogP contribution in [0.25, 0.3) is 0 Å². The van der Waals surface area contributed by atoms with Crippen molar-refractivity contribution >= 4 is 5.78 Å². The number of hydrogen-bond acceptors (Lipinski definition) is 4. The number of carbonyl (C=O) groups excluding carboxylic acids is 1. The van der Waals surface area contributed by atoms with Gasteiger partial charge in [-0.05, 0) is 11.8 Å². The molecule has 1 heterocycles. The predicted octanol–water partition coefficient (Wildman–Crippen LogP) is 0.303. The van der Waals surface area contributed by atoms with Crippen LogP contribution in [0.4, 0.5) is 4.39 Å². The van der Waals surface area contributed by atoms with Crippen molar-refractivity contribution in [3.8, 4) is 0 Å². The molecule has 1 aliphatic heterocycles. The first-order chi connectivity index (χ1) is 7.15. The molecule has 2 rings (SSSR count). The van der Waals surface area contributed by atoms with Crippen molar-refractivity contribution in [3.05, 3.63) is 0 Å². The van der Waals surface area contributed by atoms with Crippen molar-refractivity contribution in [1.29, 1.82) is 0 Å². The van der Waals surface area contributed by atoms with Crippen molar-refractivity contribution in [2.24, 2.45) is 5.41 Å². The lowest BCUT2D eigenvalue weighted by Gasteiger charge is -2.37. The van der Waals surface area contributed by atoms with E-state index in [-0.39, 0.29) is 12.0 Å². The van der Waals surface area contributed by atoms with Gasteiger partial charge in [0.05, 0.1) is 6.61 Å². The van der Waals surface area contributed by atoms with Gasteiger partial charge in [0.25, 0.3) is 0 Å². The van der Waals surface area contributed by atoms with Gasteiger partial charge >= 0.3 is 0 Å². The minimum absolute atomic E-state index is 0.0798. The van der Waals surface area contributed by atoms with E-state index in [9.17, 15) is 14.3 Å². The molecule has 1 atom stereocenters. The number of rotatable bonds is 4. The summed E-state index contributed by atoms with van der Waals surface area (Å²) in [6, 6.07) is 0. The SMILES string of the molecule is O=C1CC2(CCN(C(O)OCCF)C2)C1. The number of ketones is 1. The number of Topliss-reactive ketones (excluding diaryl/α,β-unsaturated/α-hetero) is 1. The third-order valence-electron chi connectivity index (χ3n) is 3.27. The number of aliphatic hydroxyl groups excluding tert-OH is 1. The summed E-state index contributed by atoms with van der Waals surface area (Å²) in [5, 5.41) is 9.55. The number of carbonyl (C=O) groups is 1. The molecular weight excluding hydrogens is 201 g/mol. The quantitative estimate of drug-likeness (QED) is 0.688. The highest BCUT2D eigenvalue weighted by molar-refractivity contribution is 5.86. The van der Waals surface area contributed by atoms with Crippen LogP contribution < -0.4 is 0 Å². The molecule has 0 amide bonds. The Morgan fingerprint density at radius 2 is 2.33 bits per heavy atom. The first-order valence-electron chi connectivity index (χ1n) is 5.27. The molecule has 2 fully saturated rings. The van der Waals surface area contributed by atoms with E-state index in [4.69, 9.17) is 4.74 Å². The van der Waals surface area contributed by atoms with Gasteiger partial charge in [-0.3, -0.25) is 9.69 Å². The van der Waals surface area contributed by atoms with Gasteiger partial charge in [0, 0.05) is 25.9 Å². The van der Waals surface area contributed by atoms with E-state index in [1.165, 1.54) is 0 Å². The minimum Gasteiger partial charge on any atom is -0.356 e. The number of halogens is 1. The maximum Gasteiger partial charge on any atom is 0.216 e. The molecule has 0 aromatic carbocycles. The topological polar surface area (TPSA) is 49.8 Å². The predicted molar refractivity (Wildman–Crippen MR) is 50.8 cm³/mol. The Balaban J connectivity index is 1.79. The molecule has 1 N–H and O–H groups in total. The minimum atomic E-state index is -1.02. The zero-order valence-corrected chi connectivity index (χ0v) is 8.62. The molecule has 1 aliphatic carbocycles. The lowest BCUT2D eigenvalue weighted by molar-refractivity contribution is -0.191. The third kappa shape index (κ3) is 2.19. The standard InChI is InChI=1S/C10H16FNO3/c11-2-4-15-9(14)12-3-1-10(7-12)5-8(13)6-10/h9,14H,1-7H2. The Bertz CT molecular complexity index is 251. The van der Waals surface area contributed by atoms with Gasteiger partial charge in [-0.2, -0.15) is 0 Å². The second-order valence-corrected chi connectivity index (χ2v) is 4.50. The van der Waals surface area contributed by atoms with Gasteiger partial charge < -0.3 is 9.84 Å². The monoisotopic (exact) mass is 217 g/mol. The van der Waals surface area contributed by atoms with E-state index in [1.54, 1.807) is 4.90 Å². The number of alkyl halides is 1. The Hall–Kier alpha value is -0.520. The summed E-state index contributed by atoms with van der Waals surface area (Å²) in [7, 11) is 0. The number of nitrogens with zero attached hydrogens (tertiary/aromatic N) is 1.